The zero-order valence-corrected chi connectivity index (χ0v) is 15.6. The van der Waals surface area contributed by atoms with Gasteiger partial charge in [-0.3, -0.25) is 0 Å². The lowest BCUT2D eigenvalue weighted by molar-refractivity contribution is -0.557. The molecule has 0 unspecified atom stereocenters. The molecule has 0 aromatic rings. The average molecular weight is 392 g/mol. The van der Waals surface area contributed by atoms with Crippen molar-refractivity contribution in [3.8, 4) is 0 Å². The lowest BCUT2D eigenvalue weighted by Crippen LogP contribution is -2.67. The quantitative estimate of drug-likeness (QED) is 0.566. The summed E-state index contributed by atoms with van der Waals surface area (Å²) in [6.07, 6.45) is -3.02. The third-order valence-corrected chi connectivity index (χ3v) is 6.55. The number of fused-ring (bicyclic) bond motifs is 2. The summed E-state index contributed by atoms with van der Waals surface area (Å²) in [6, 6.07) is 0. The molecule has 6 nitrogen and oxygen atoms in total. The summed E-state index contributed by atoms with van der Waals surface area (Å²) < 4.78 is 52.9. The Hall–Kier alpha value is -0.870. The summed E-state index contributed by atoms with van der Waals surface area (Å²) in [5.74, 6) is -2.25. The zero-order chi connectivity index (χ0) is 19.4. The van der Waals surface area contributed by atoms with Crippen LogP contribution >= 0.6 is 0 Å². The first kappa shape index (κ1) is 19.4. The van der Waals surface area contributed by atoms with Gasteiger partial charge >= 0.3 is 6.18 Å². The molecular weight excluding hydrogens is 365 g/mol. The van der Waals surface area contributed by atoms with Gasteiger partial charge < -0.3 is 20.5 Å². The van der Waals surface area contributed by atoms with Crippen molar-refractivity contribution in [1.29, 1.82) is 0 Å². The number of halogens is 3. The SMILES string of the molecule is C[C@@H]1CC[C@H]2C(CNCCN)=C(C(F)(F)F)O[C@@H]3O[C@]4(C)CC[C@@H]1[C@]32OO4. The largest absolute Gasteiger partial charge is 0.456 e. The third-order valence-electron chi connectivity index (χ3n) is 6.55. The first-order valence-electron chi connectivity index (χ1n) is 9.63. The van der Waals surface area contributed by atoms with Gasteiger partial charge in [-0.2, -0.15) is 13.2 Å². The summed E-state index contributed by atoms with van der Waals surface area (Å²) in [7, 11) is 0. The molecule has 1 spiro atoms. The fourth-order valence-electron chi connectivity index (χ4n) is 5.27. The Morgan fingerprint density at radius 2 is 2.00 bits per heavy atom. The van der Waals surface area contributed by atoms with Crippen molar-refractivity contribution in [2.24, 2.45) is 23.5 Å². The van der Waals surface area contributed by atoms with Crippen LogP contribution in [0.2, 0.25) is 0 Å². The third kappa shape index (κ3) is 2.98. The highest BCUT2D eigenvalue weighted by atomic mass is 19.4. The molecule has 5 rings (SSSR count). The van der Waals surface area contributed by atoms with E-state index in [2.05, 4.69) is 12.2 Å². The molecule has 27 heavy (non-hydrogen) atoms. The van der Waals surface area contributed by atoms with E-state index in [0.717, 1.165) is 12.8 Å². The first-order chi connectivity index (χ1) is 12.7. The van der Waals surface area contributed by atoms with Crippen LogP contribution in [0.4, 0.5) is 13.2 Å². The van der Waals surface area contributed by atoms with Crippen LogP contribution in [0, 0.1) is 17.8 Å². The Kier molecular flexibility index (Phi) is 4.74. The molecule has 4 heterocycles. The molecule has 3 saturated heterocycles. The van der Waals surface area contributed by atoms with E-state index in [4.69, 9.17) is 25.0 Å². The summed E-state index contributed by atoms with van der Waals surface area (Å²) in [4.78, 5) is 11.5. The molecule has 1 saturated carbocycles. The van der Waals surface area contributed by atoms with Gasteiger partial charge in [-0.25, -0.2) is 9.78 Å². The molecule has 4 aliphatic heterocycles. The summed E-state index contributed by atoms with van der Waals surface area (Å²) in [5, 5.41) is 2.99. The predicted octanol–water partition coefficient (Wildman–Crippen LogP) is 2.60. The second-order valence-corrected chi connectivity index (χ2v) is 8.29. The Morgan fingerprint density at radius 1 is 1.22 bits per heavy atom. The van der Waals surface area contributed by atoms with E-state index in [-0.39, 0.29) is 24.0 Å². The van der Waals surface area contributed by atoms with Crippen LogP contribution in [-0.4, -0.2) is 43.5 Å². The van der Waals surface area contributed by atoms with Crippen molar-refractivity contribution in [1.82, 2.24) is 5.32 Å². The van der Waals surface area contributed by atoms with Gasteiger partial charge in [0.2, 0.25) is 17.8 Å². The highest BCUT2D eigenvalue weighted by molar-refractivity contribution is 5.29. The molecule has 2 bridgehead atoms. The Balaban J connectivity index is 1.81. The van der Waals surface area contributed by atoms with Crippen LogP contribution in [0.1, 0.15) is 39.5 Å². The molecule has 0 aromatic heterocycles. The van der Waals surface area contributed by atoms with Crippen molar-refractivity contribution in [3.05, 3.63) is 11.3 Å². The number of rotatable bonds is 4. The van der Waals surface area contributed by atoms with Crippen LogP contribution < -0.4 is 11.1 Å². The van der Waals surface area contributed by atoms with Crippen molar-refractivity contribution in [2.75, 3.05) is 19.6 Å². The molecule has 1 aliphatic carbocycles. The van der Waals surface area contributed by atoms with Crippen LogP contribution in [0.5, 0.6) is 0 Å². The lowest BCUT2D eigenvalue weighted by Gasteiger charge is -2.57. The topological polar surface area (TPSA) is 75.0 Å². The van der Waals surface area contributed by atoms with Crippen molar-refractivity contribution in [3.63, 3.8) is 0 Å². The van der Waals surface area contributed by atoms with Crippen molar-refractivity contribution < 1.29 is 32.4 Å². The number of nitrogens with one attached hydrogen (secondary N) is 1. The normalized spacial score (nSPS) is 43.9. The van der Waals surface area contributed by atoms with Crippen LogP contribution in [0.3, 0.4) is 0 Å². The van der Waals surface area contributed by atoms with Crippen molar-refractivity contribution >= 4 is 0 Å². The fourth-order valence-corrected chi connectivity index (χ4v) is 5.27. The average Bonchev–Trinajstić information content (AvgIpc) is 2.83. The highest BCUT2D eigenvalue weighted by Crippen LogP contribution is 2.61. The van der Waals surface area contributed by atoms with Gasteiger partial charge in [0.05, 0.1) is 0 Å². The second kappa shape index (κ2) is 6.59. The Bertz CT molecular complexity index is 628. The van der Waals surface area contributed by atoms with Crippen LogP contribution in [0.15, 0.2) is 11.3 Å². The molecule has 0 aromatic carbocycles. The van der Waals surface area contributed by atoms with Crippen LogP contribution in [0.25, 0.3) is 0 Å². The number of allylic oxidation sites excluding steroid dienone is 1. The summed E-state index contributed by atoms with van der Waals surface area (Å²) >= 11 is 0. The molecule has 5 aliphatic rings. The number of hydrogen-bond donors (Lipinski definition) is 2. The lowest BCUT2D eigenvalue weighted by atomic mass is 9.59. The molecule has 0 radical (unpaired) electrons. The van der Waals surface area contributed by atoms with Crippen LogP contribution in [-0.2, 0) is 19.2 Å². The van der Waals surface area contributed by atoms with E-state index in [0.29, 0.717) is 25.9 Å². The molecule has 4 fully saturated rings. The van der Waals surface area contributed by atoms with E-state index >= 15 is 0 Å². The first-order valence-corrected chi connectivity index (χ1v) is 9.63. The predicted molar refractivity (Wildman–Crippen MR) is 88.9 cm³/mol. The highest BCUT2D eigenvalue weighted by Gasteiger charge is 2.70. The fraction of sp³-hybridized carbons (Fsp3) is 0.889. The molecule has 6 atom stereocenters. The monoisotopic (exact) mass is 392 g/mol. The van der Waals surface area contributed by atoms with E-state index < -0.39 is 35.5 Å². The Labute approximate surface area is 156 Å². The van der Waals surface area contributed by atoms with Gasteiger partial charge in [0.25, 0.3) is 0 Å². The van der Waals surface area contributed by atoms with E-state index in [9.17, 15) is 13.2 Å². The maximum absolute atomic E-state index is 13.8. The number of alkyl halides is 3. The second-order valence-electron chi connectivity index (χ2n) is 8.29. The van der Waals surface area contributed by atoms with Gasteiger partial charge in [0, 0.05) is 37.9 Å². The summed E-state index contributed by atoms with van der Waals surface area (Å²) in [6.45, 7) is 4.62. The minimum absolute atomic E-state index is 0.00451. The zero-order valence-electron chi connectivity index (χ0n) is 15.6. The molecule has 3 N–H and O–H groups in total. The smallest absolute Gasteiger partial charge is 0.449 e. The van der Waals surface area contributed by atoms with Gasteiger partial charge in [0.15, 0.2) is 5.60 Å². The molecular formula is C18H27F3N2O4. The van der Waals surface area contributed by atoms with Gasteiger partial charge in [-0.05, 0) is 37.7 Å². The van der Waals surface area contributed by atoms with E-state index in [1.54, 1.807) is 6.92 Å². The van der Waals surface area contributed by atoms with Gasteiger partial charge in [-0.1, -0.05) is 6.92 Å². The standard InChI is InChI=1S/C18H27F3N2O4/c1-10-3-4-13-11(9-23-8-7-22)14(18(19,20)21)24-15-17(13)12(10)5-6-16(2,25-15)26-27-17/h10,12-13,15,23H,3-9,22H2,1-2H3/t10-,12+,13+,15-,16+,17-/m1/s1. The molecule has 0 amide bonds. The van der Waals surface area contributed by atoms with E-state index in [1.807, 2.05) is 0 Å². The number of ether oxygens (including phenoxy) is 2. The van der Waals surface area contributed by atoms with Gasteiger partial charge in [-0.15, -0.1) is 0 Å². The maximum atomic E-state index is 13.8. The number of hydrogen-bond acceptors (Lipinski definition) is 6. The minimum atomic E-state index is -4.60. The molecule has 9 heteroatoms. The Morgan fingerprint density at radius 3 is 2.70 bits per heavy atom. The molecule has 154 valence electrons. The van der Waals surface area contributed by atoms with E-state index in [1.165, 1.54) is 0 Å². The number of nitrogens with two attached hydrogens (primary N) is 1. The van der Waals surface area contributed by atoms with Gasteiger partial charge in [0.1, 0.15) is 0 Å². The minimum Gasteiger partial charge on any atom is -0.456 e. The maximum Gasteiger partial charge on any atom is 0.449 e. The summed E-state index contributed by atoms with van der Waals surface area (Å²) in [5.41, 5.74) is 4.62. The van der Waals surface area contributed by atoms with Crippen molar-refractivity contribution in [2.45, 2.75) is 63.4 Å².